The number of unbranched alkanes of at least 4 members (excludes halogenated alkanes) is 1. The van der Waals surface area contributed by atoms with Crippen LogP contribution < -0.4 is 15.4 Å². The van der Waals surface area contributed by atoms with Gasteiger partial charge in [0.05, 0.1) is 19.1 Å². The van der Waals surface area contributed by atoms with Crippen LogP contribution in [0.25, 0.3) is 0 Å². The zero-order valence-corrected chi connectivity index (χ0v) is 19.0. The van der Waals surface area contributed by atoms with Gasteiger partial charge < -0.3 is 20.3 Å². The Morgan fingerprint density at radius 2 is 2.00 bits per heavy atom. The number of ether oxygens (including phenoxy) is 1. The molecule has 1 aliphatic heterocycles. The van der Waals surface area contributed by atoms with E-state index < -0.39 is 0 Å². The Morgan fingerprint density at radius 3 is 2.72 bits per heavy atom. The van der Waals surface area contributed by atoms with Crippen molar-refractivity contribution in [2.24, 2.45) is 5.92 Å². The molecule has 172 valence electrons. The Morgan fingerprint density at radius 1 is 1.19 bits per heavy atom. The van der Waals surface area contributed by atoms with E-state index in [1.54, 1.807) is 37.1 Å². The summed E-state index contributed by atoms with van der Waals surface area (Å²) in [4.78, 5) is 27.7. The summed E-state index contributed by atoms with van der Waals surface area (Å²) in [5.74, 6) is -0.0663. The van der Waals surface area contributed by atoms with Gasteiger partial charge in [0.1, 0.15) is 11.6 Å². The predicted molar refractivity (Wildman–Crippen MR) is 123 cm³/mol. The molecule has 32 heavy (non-hydrogen) atoms. The number of carbonyl (C=O) groups is 2. The van der Waals surface area contributed by atoms with Crippen molar-refractivity contribution in [2.45, 2.75) is 45.6 Å². The van der Waals surface area contributed by atoms with Crippen LogP contribution in [0.2, 0.25) is 0 Å². The second-order valence-electron chi connectivity index (χ2n) is 8.26. The maximum absolute atomic E-state index is 13.8. The van der Waals surface area contributed by atoms with Crippen molar-refractivity contribution < 1.29 is 18.7 Å². The van der Waals surface area contributed by atoms with Crippen LogP contribution in [0.1, 0.15) is 49.8 Å². The molecule has 2 unspecified atom stereocenters. The summed E-state index contributed by atoms with van der Waals surface area (Å²) in [6, 6.07) is 11.8. The fraction of sp³-hybridized carbons (Fsp3) is 0.440. The summed E-state index contributed by atoms with van der Waals surface area (Å²) in [7, 11) is 1.58. The Bertz CT molecular complexity index is 950. The monoisotopic (exact) mass is 441 g/mol. The molecule has 0 radical (unpaired) electrons. The molecule has 1 heterocycles. The Hall–Kier alpha value is -3.09. The first-order valence-corrected chi connectivity index (χ1v) is 11.2. The molecule has 3 amide bonds. The molecule has 1 saturated heterocycles. The minimum absolute atomic E-state index is 0.127. The van der Waals surface area contributed by atoms with Crippen molar-refractivity contribution in [2.75, 3.05) is 25.5 Å². The van der Waals surface area contributed by atoms with Gasteiger partial charge in [-0.15, -0.1) is 0 Å². The van der Waals surface area contributed by atoms with Crippen molar-refractivity contribution in [3.05, 3.63) is 59.4 Å². The minimum atomic E-state index is -0.337. The number of likely N-dealkylation sites (tertiary alicyclic amines) is 1. The summed E-state index contributed by atoms with van der Waals surface area (Å²) in [6.45, 7) is 4.67. The number of methoxy groups -OCH3 is 1. The zero-order valence-electron chi connectivity index (χ0n) is 19.0. The largest absolute Gasteiger partial charge is 0.497 e. The van der Waals surface area contributed by atoms with Crippen molar-refractivity contribution >= 4 is 17.6 Å². The van der Waals surface area contributed by atoms with E-state index in [4.69, 9.17) is 4.74 Å². The lowest BCUT2D eigenvalue weighted by molar-refractivity contribution is -0.121. The number of hydrogen-bond donors (Lipinski definition) is 2. The molecule has 2 atom stereocenters. The summed E-state index contributed by atoms with van der Waals surface area (Å²) >= 11 is 0. The number of rotatable bonds is 7. The number of piperidine rings is 1. The van der Waals surface area contributed by atoms with Crippen LogP contribution in [0.5, 0.6) is 5.75 Å². The van der Waals surface area contributed by atoms with Crippen molar-refractivity contribution in [1.29, 1.82) is 0 Å². The van der Waals surface area contributed by atoms with Gasteiger partial charge >= 0.3 is 6.03 Å². The first kappa shape index (κ1) is 23.6. The summed E-state index contributed by atoms with van der Waals surface area (Å²) in [5, 5.41) is 5.91. The molecule has 0 saturated carbocycles. The van der Waals surface area contributed by atoms with Gasteiger partial charge in [0.2, 0.25) is 5.91 Å². The van der Waals surface area contributed by atoms with Crippen LogP contribution >= 0.6 is 0 Å². The maximum atomic E-state index is 13.8. The quantitative estimate of drug-likeness (QED) is 0.591. The smallest absolute Gasteiger partial charge is 0.317 e. The van der Waals surface area contributed by atoms with Crippen molar-refractivity contribution in [3.63, 3.8) is 0 Å². The van der Waals surface area contributed by atoms with Gasteiger partial charge in [0, 0.05) is 24.8 Å². The molecule has 0 aromatic heterocycles. The van der Waals surface area contributed by atoms with Gasteiger partial charge in [0.25, 0.3) is 0 Å². The minimum Gasteiger partial charge on any atom is -0.497 e. The second kappa shape index (κ2) is 11.0. The lowest BCUT2D eigenvalue weighted by Crippen LogP contribution is -2.49. The zero-order chi connectivity index (χ0) is 23.1. The molecule has 6 nitrogen and oxygen atoms in total. The second-order valence-corrected chi connectivity index (χ2v) is 8.26. The Balaban J connectivity index is 1.76. The summed E-state index contributed by atoms with van der Waals surface area (Å²) < 4.78 is 19.0. The van der Waals surface area contributed by atoms with Crippen LogP contribution in [0.4, 0.5) is 14.9 Å². The van der Waals surface area contributed by atoms with Crippen molar-refractivity contribution in [3.8, 4) is 5.75 Å². The lowest BCUT2D eigenvalue weighted by atomic mass is 9.88. The fourth-order valence-electron chi connectivity index (χ4n) is 4.05. The number of nitrogens with one attached hydrogen (secondary N) is 2. The maximum Gasteiger partial charge on any atom is 0.317 e. The van der Waals surface area contributed by atoms with Crippen LogP contribution in [0, 0.1) is 18.7 Å². The van der Waals surface area contributed by atoms with Gasteiger partial charge in [-0.05, 0) is 55.5 Å². The van der Waals surface area contributed by atoms with E-state index in [9.17, 15) is 14.0 Å². The Labute approximate surface area is 189 Å². The summed E-state index contributed by atoms with van der Waals surface area (Å²) in [6.07, 6.45) is 3.13. The molecule has 1 aliphatic rings. The number of halogens is 1. The van der Waals surface area contributed by atoms with Crippen LogP contribution in [-0.2, 0) is 4.79 Å². The summed E-state index contributed by atoms with van der Waals surface area (Å²) in [5.41, 5.74) is 2.09. The van der Waals surface area contributed by atoms with Crippen LogP contribution in [0.15, 0.2) is 42.5 Å². The molecule has 2 aromatic carbocycles. The van der Waals surface area contributed by atoms with E-state index in [1.807, 2.05) is 18.2 Å². The van der Waals surface area contributed by atoms with Gasteiger partial charge in [-0.25, -0.2) is 9.18 Å². The van der Waals surface area contributed by atoms with Crippen molar-refractivity contribution in [1.82, 2.24) is 10.2 Å². The first-order valence-electron chi connectivity index (χ1n) is 11.2. The number of aryl methyl sites for hydroxylation is 1. The average Bonchev–Trinajstić information content (AvgIpc) is 2.80. The molecule has 3 rings (SSSR count). The van der Waals surface area contributed by atoms with E-state index in [2.05, 4.69) is 17.6 Å². The molecular formula is C25H32FN3O3. The number of anilines is 1. The van der Waals surface area contributed by atoms with Gasteiger partial charge in [-0.2, -0.15) is 0 Å². The number of urea groups is 1. The highest BCUT2D eigenvalue weighted by Crippen LogP contribution is 2.35. The topological polar surface area (TPSA) is 70.7 Å². The molecule has 7 heteroatoms. The first-order chi connectivity index (χ1) is 15.4. The van der Waals surface area contributed by atoms with E-state index in [0.717, 1.165) is 18.4 Å². The molecule has 0 bridgehead atoms. The highest BCUT2D eigenvalue weighted by Gasteiger charge is 2.35. The van der Waals surface area contributed by atoms with E-state index in [1.165, 1.54) is 6.07 Å². The normalized spacial score (nSPS) is 18.2. The number of carbonyl (C=O) groups excluding carboxylic acids is 2. The number of benzene rings is 2. The molecule has 2 N–H and O–H groups in total. The van der Waals surface area contributed by atoms with Gasteiger partial charge in [0.15, 0.2) is 0 Å². The molecular weight excluding hydrogens is 409 g/mol. The van der Waals surface area contributed by atoms with Gasteiger partial charge in [-0.3, -0.25) is 4.79 Å². The Kier molecular flexibility index (Phi) is 8.09. The number of hydrogen-bond acceptors (Lipinski definition) is 3. The molecule has 0 spiro atoms. The van der Waals surface area contributed by atoms with E-state index >= 15 is 0 Å². The van der Waals surface area contributed by atoms with E-state index in [0.29, 0.717) is 42.9 Å². The predicted octanol–water partition coefficient (Wildman–Crippen LogP) is 5.04. The molecule has 0 aliphatic carbocycles. The third-order valence-corrected chi connectivity index (χ3v) is 5.92. The highest BCUT2D eigenvalue weighted by atomic mass is 19.1. The average molecular weight is 442 g/mol. The standard InChI is InChI=1S/C25H32FN3O3/c1-4-5-13-27-25(31)29-16-19(24(30)28-20-7-6-8-21(15-20)32-3)10-12-23(29)18-9-11-22(26)17(2)14-18/h6-9,11,14-15,19,23H,4-5,10,12-13,16H2,1-3H3,(H,27,31)(H,28,30). The third kappa shape index (κ3) is 5.78. The van der Waals surface area contributed by atoms with Crippen LogP contribution in [-0.4, -0.2) is 37.0 Å². The molecule has 1 fully saturated rings. The lowest BCUT2D eigenvalue weighted by Gasteiger charge is -2.39. The fourth-order valence-corrected chi connectivity index (χ4v) is 4.05. The van der Waals surface area contributed by atoms with Crippen LogP contribution in [0.3, 0.4) is 0 Å². The molecule has 2 aromatic rings. The highest BCUT2D eigenvalue weighted by molar-refractivity contribution is 5.93. The number of amides is 3. The van der Waals surface area contributed by atoms with Gasteiger partial charge in [-0.1, -0.05) is 31.5 Å². The van der Waals surface area contributed by atoms with E-state index in [-0.39, 0.29) is 29.7 Å². The third-order valence-electron chi connectivity index (χ3n) is 5.92. The SMILES string of the molecule is CCCCNC(=O)N1CC(C(=O)Nc2cccc(OC)c2)CCC1c1ccc(F)c(C)c1. The number of nitrogens with zero attached hydrogens (tertiary/aromatic N) is 1.